The lowest BCUT2D eigenvalue weighted by atomic mass is 10.3. The first-order valence-corrected chi connectivity index (χ1v) is 4.21. The van der Waals surface area contributed by atoms with Gasteiger partial charge >= 0.3 is 5.97 Å². The van der Waals surface area contributed by atoms with Crippen LogP contribution in [0.25, 0.3) is 5.52 Å². The molecule has 0 unspecified atom stereocenters. The highest BCUT2D eigenvalue weighted by Gasteiger charge is 2.12. The van der Waals surface area contributed by atoms with Gasteiger partial charge in [0.15, 0.2) is 5.69 Å². The summed E-state index contributed by atoms with van der Waals surface area (Å²) in [6, 6.07) is 3.41. The van der Waals surface area contributed by atoms with E-state index in [1.165, 1.54) is 4.52 Å². The van der Waals surface area contributed by atoms with Crippen LogP contribution in [0, 0.1) is 0 Å². The number of aromatic nitrogens is 3. The SMILES string of the molecule is O=C(O)c1nnn2ccc(Br)cc12. The smallest absolute Gasteiger partial charge is 0.358 e. The second kappa shape index (κ2) is 2.81. The molecule has 0 aliphatic carbocycles. The van der Waals surface area contributed by atoms with Crippen LogP contribution in [0.5, 0.6) is 0 Å². The lowest BCUT2D eigenvalue weighted by Crippen LogP contribution is -1.97. The van der Waals surface area contributed by atoms with Crippen LogP contribution < -0.4 is 0 Å². The summed E-state index contributed by atoms with van der Waals surface area (Å²) in [6.45, 7) is 0. The van der Waals surface area contributed by atoms with Gasteiger partial charge in [-0.15, -0.1) is 5.10 Å². The van der Waals surface area contributed by atoms with Crippen LogP contribution in [0.3, 0.4) is 0 Å². The van der Waals surface area contributed by atoms with E-state index in [2.05, 4.69) is 26.2 Å². The third kappa shape index (κ3) is 1.29. The number of hydrogen-bond acceptors (Lipinski definition) is 3. The third-order valence-electron chi connectivity index (χ3n) is 1.58. The Morgan fingerprint density at radius 1 is 1.62 bits per heavy atom. The quantitative estimate of drug-likeness (QED) is 0.815. The fourth-order valence-corrected chi connectivity index (χ4v) is 1.35. The number of carbonyl (C=O) groups is 1. The third-order valence-corrected chi connectivity index (χ3v) is 2.08. The van der Waals surface area contributed by atoms with Crippen LogP contribution in [0.1, 0.15) is 10.5 Å². The first-order chi connectivity index (χ1) is 6.18. The highest BCUT2D eigenvalue weighted by molar-refractivity contribution is 9.10. The highest BCUT2D eigenvalue weighted by Crippen LogP contribution is 2.14. The first-order valence-electron chi connectivity index (χ1n) is 3.42. The highest BCUT2D eigenvalue weighted by atomic mass is 79.9. The van der Waals surface area contributed by atoms with E-state index in [9.17, 15) is 4.79 Å². The summed E-state index contributed by atoms with van der Waals surface area (Å²) in [6.07, 6.45) is 1.64. The molecule has 0 spiro atoms. The Labute approximate surface area is 81.1 Å². The predicted octanol–water partition coefficient (Wildman–Crippen LogP) is 1.19. The minimum atomic E-state index is -1.08. The molecule has 0 atom stereocenters. The summed E-state index contributed by atoms with van der Waals surface area (Å²) in [5.74, 6) is -1.08. The molecule has 1 N–H and O–H groups in total. The normalized spacial score (nSPS) is 10.5. The van der Waals surface area contributed by atoms with Crippen molar-refractivity contribution in [1.29, 1.82) is 0 Å². The zero-order chi connectivity index (χ0) is 9.42. The Morgan fingerprint density at radius 2 is 2.38 bits per heavy atom. The van der Waals surface area contributed by atoms with Gasteiger partial charge in [0.25, 0.3) is 0 Å². The van der Waals surface area contributed by atoms with E-state index in [0.717, 1.165) is 4.47 Å². The van der Waals surface area contributed by atoms with Crippen molar-refractivity contribution in [2.45, 2.75) is 0 Å². The maximum atomic E-state index is 10.7. The maximum Gasteiger partial charge on any atom is 0.358 e. The molecule has 13 heavy (non-hydrogen) atoms. The molecule has 2 rings (SSSR count). The second-order valence-electron chi connectivity index (χ2n) is 2.42. The monoisotopic (exact) mass is 241 g/mol. The number of fused-ring (bicyclic) bond motifs is 1. The lowest BCUT2D eigenvalue weighted by Gasteiger charge is -1.92. The number of pyridine rings is 1. The molecule has 5 nitrogen and oxygen atoms in total. The van der Waals surface area contributed by atoms with Crippen molar-refractivity contribution in [2.24, 2.45) is 0 Å². The van der Waals surface area contributed by atoms with Crippen molar-refractivity contribution in [3.8, 4) is 0 Å². The summed E-state index contributed by atoms with van der Waals surface area (Å²) in [5.41, 5.74) is 0.433. The molecule has 0 radical (unpaired) electrons. The molecule has 0 bridgehead atoms. The van der Waals surface area contributed by atoms with Crippen molar-refractivity contribution in [3.63, 3.8) is 0 Å². The van der Waals surface area contributed by atoms with E-state index >= 15 is 0 Å². The average Bonchev–Trinajstić information content (AvgIpc) is 2.46. The zero-order valence-electron chi connectivity index (χ0n) is 6.31. The fourth-order valence-electron chi connectivity index (χ4n) is 1.02. The number of halogens is 1. The molecule has 0 saturated carbocycles. The van der Waals surface area contributed by atoms with Crippen LogP contribution in [0.2, 0.25) is 0 Å². The molecule has 0 saturated heterocycles. The van der Waals surface area contributed by atoms with Crippen LogP contribution in [0.15, 0.2) is 22.8 Å². The number of hydrogen-bond donors (Lipinski definition) is 1. The molecule has 0 aromatic carbocycles. The Kier molecular flexibility index (Phi) is 1.77. The summed E-state index contributed by atoms with van der Waals surface area (Å²) in [5, 5.41) is 15.9. The van der Waals surface area contributed by atoms with Gasteiger partial charge in [0.1, 0.15) is 5.52 Å². The number of carboxylic acid groups (broad SMARTS) is 1. The van der Waals surface area contributed by atoms with E-state index in [4.69, 9.17) is 5.11 Å². The van der Waals surface area contributed by atoms with Gasteiger partial charge in [-0.25, -0.2) is 9.31 Å². The largest absolute Gasteiger partial charge is 0.476 e. The molecule has 2 heterocycles. The van der Waals surface area contributed by atoms with E-state index in [1.807, 2.05) is 0 Å². The molecule has 0 amide bonds. The van der Waals surface area contributed by atoms with Gasteiger partial charge in [-0.05, 0) is 12.1 Å². The zero-order valence-corrected chi connectivity index (χ0v) is 7.89. The van der Waals surface area contributed by atoms with Gasteiger partial charge in [-0.3, -0.25) is 0 Å². The predicted molar refractivity (Wildman–Crippen MR) is 47.6 cm³/mol. The van der Waals surface area contributed by atoms with Gasteiger partial charge in [-0.2, -0.15) is 0 Å². The van der Waals surface area contributed by atoms with Gasteiger partial charge < -0.3 is 5.11 Å². The van der Waals surface area contributed by atoms with E-state index in [-0.39, 0.29) is 5.69 Å². The molecule has 0 aliphatic heterocycles. The Balaban J connectivity index is 2.79. The molecule has 0 fully saturated rings. The lowest BCUT2D eigenvalue weighted by molar-refractivity contribution is 0.0692. The van der Waals surface area contributed by atoms with Crippen LogP contribution in [0.4, 0.5) is 0 Å². The van der Waals surface area contributed by atoms with E-state index in [0.29, 0.717) is 5.52 Å². The first kappa shape index (κ1) is 8.18. The minimum absolute atomic E-state index is 0.0405. The van der Waals surface area contributed by atoms with Crippen LogP contribution in [-0.2, 0) is 0 Å². The summed E-state index contributed by atoms with van der Waals surface area (Å²) >= 11 is 3.24. The van der Waals surface area contributed by atoms with E-state index in [1.54, 1.807) is 18.3 Å². The van der Waals surface area contributed by atoms with Crippen molar-refractivity contribution < 1.29 is 9.90 Å². The van der Waals surface area contributed by atoms with Crippen molar-refractivity contribution in [1.82, 2.24) is 14.8 Å². The molecule has 6 heteroatoms. The molecular formula is C7H4BrN3O2. The fraction of sp³-hybridized carbons (Fsp3) is 0. The molecule has 2 aromatic heterocycles. The average molecular weight is 242 g/mol. The summed E-state index contributed by atoms with van der Waals surface area (Å²) in [7, 11) is 0. The van der Waals surface area contributed by atoms with Crippen LogP contribution >= 0.6 is 15.9 Å². The second-order valence-corrected chi connectivity index (χ2v) is 3.33. The molecular weight excluding hydrogens is 238 g/mol. The Morgan fingerprint density at radius 3 is 3.08 bits per heavy atom. The number of aromatic carboxylic acids is 1. The Bertz CT molecular complexity index is 480. The van der Waals surface area contributed by atoms with Crippen LogP contribution in [-0.4, -0.2) is 25.9 Å². The number of rotatable bonds is 1. The summed E-state index contributed by atoms with van der Waals surface area (Å²) in [4.78, 5) is 10.7. The molecule has 2 aromatic rings. The van der Waals surface area contributed by atoms with E-state index < -0.39 is 5.97 Å². The summed E-state index contributed by atoms with van der Waals surface area (Å²) < 4.78 is 2.21. The van der Waals surface area contributed by atoms with Crippen molar-refractivity contribution in [3.05, 3.63) is 28.5 Å². The minimum Gasteiger partial charge on any atom is -0.476 e. The number of nitrogens with zero attached hydrogens (tertiary/aromatic N) is 3. The van der Waals surface area contributed by atoms with Gasteiger partial charge in [0, 0.05) is 10.7 Å². The topological polar surface area (TPSA) is 67.5 Å². The molecule has 0 aliphatic rings. The van der Waals surface area contributed by atoms with Gasteiger partial charge in [-0.1, -0.05) is 21.1 Å². The van der Waals surface area contributed by atoms with Crippen molar-refractivity contribution >= 4 is 27.4 Å². The van der Waals surface area contributed by atoms with Crippen molar-refractivity contribution in [2.75, 3.05) is 0 Å². The standard InChI is InChI=1S/C7H4BrN3O2/c8-4-1-2-11-5(3-4)6(7(12)13)9-10-11/h1-3H,(H,12,13). The Hall–Kier alpha value is -1.43. The van der Waals surface area contributed by atoms with Gasteiger partial charge in [0.05, 0.1) is 0 Å². The van der Waals surface area contributed by atoms with Gasteiger partial charge in [0.2, 0.25) is 0 Å². The maximum absolute atomic E-state index is 10.7. The number of carboxylic acids is 1. The molecule has 66 valence electrons.